The van der Waals surface area contributed by atoms with Crippen LogP contribution in [0.5, 0.6) is 11.5 Å². The van der Waals surface area contributed by atoms with E-state index < -0.39 is 5.97 Å². The van der Waals surface area contributed by atoms with Gasteiger partial charge in [-0.2, -0.15) is 0 Å². The first-order valence-electron chi connectivity index (χ1n) is 7.08. The van der Waals surface area contributed by atoms with Crippen LogP contribution in [0, 0.1) is 12.8 Å². The minimum absolute atomic E-state index is 0.114. The van der Waals surface area contributed by atoms with Crippen molar-refractivity contribution in [2.75, 3.05) is 14.2 Å². The summed E-state index contributed by atoms with van der Waals surface area (Å²) in [5, 5.41) is 10.4. The molecule has 22 heavy (non-hydrogen) atoms. The molecule has 0 aliphatic carbocycles. The first-order valence-corrected chi connectivity index (χ1v) is 7.08. The largest absolute Gasteiger partial charge is 0.507 e. The first kappa shape index (κ1) is 16.1. The molecule has 1 aliphatic rings. The monoisotopic (exact) mass is 308 g/mol. The lowest BCUT2D eigenvalue weighted by Crippen LogP contribution is -2.14. The molecule has 0 bridgehead atoms. The Balaban J connectivity index is 2.39. The van der Waals surface area contributed by atoms with E-state index in [0.717, 1.165) is 5.56 Å². The molecule has 1 atom stereocenters. The summed E-state index contributed by atoms with van der Waals surface area (Å²) >= 11 is 0. The number of carbonyl (C=O) groups excluding carboxylic acids is 2. The maximum atomic E-state index is 11.8. The Labute approximate surface area is 129 Å². The van der Waals surface area contributed by atoms with E-state index in [9.17, 15) is 14.7 Å². The molecule has 2 rings (SSSR count). The number of hydrogen-bond acceptors (Lipinski definition) is 6. The third-order valence-corrected chi connectivity index (χ3v) is 4.08. The summed E-state index contributed by atoms with van der Waals surface area (Å²) in [5.74, 6) is -0.727. The van der Waals surface area contributed by atoms with E-state index >= 15 is 0 Å². The second-order valence-electron chi connectivity index (χ2n) is 5.38. The van der Waals surface area contributed by atoms with Gasteiger partial charge in [0.05, 0.1) is 20.1 Å². The molecule has 0 radical (unpaired) electrons. The van der Waals surface area contributed by atoms with Gasteiger partial charge >= 0.3 is 11.9 Å². The fraction of sp³-hybridized carbons (Fsp3) is 0.500. The van der Waals surface area contributed by atoms with Crippen LogP contribution in [-0.2, 0) is 27.3 Å². The Morgan fingerprint density at radius 3 is 2.68 bits per heavy atom. The Bertz CT molecular complexity index is 620. The van der Waals surface area contributed by atoms with Crippen LogP contribution in [0.4, 0.5) is 0 Å². The van der Waals surface area contributed by atoms with E-state index in [1.165, 1.54) is 14.2 Å². The summed E-state index contributed by atoms with van der Waals surface area (Å²) in [4.78, 5) is 23.3. The number of cyclic esters (lactones) is 1. The molecule has 1 aromatic carbocycles. The highest BCUT2D eigenvalue weighted by atomic mass is 16.5. The summed E-state index contributed by atoms with van der Waals surface area (Å²) in [5.41, 5.74) is 2.17. The van der Waals surface area contributed by atoms with Crippen LogP contribution in [-0.4, -0.2) is 31.3 Å². The number of phenols is 1. The highest BCUT2D eigenvalue weighted by Crippen LogP contribution is 2.42. The van der Waals surface area contributed by atoms with Gasteiger partial charge in [0.1, 0.15) is 23.7 Å². The van der Waals surface area contributed by atoms with Crippen LogP contribution >= 0.6 is 0 Å². The number of methoxy groups -OCH3 is 2. The van der Waals surface area contributed by atoms with Crippen molar-refractivity contribution in [2.24, 2.45) is 5.92 Å². The SMILES string of the molecule is COC(=O)C(C)CCc1c(O)c2c(c(C)c1OC)COC2=O. The van der Waals surface area contributed by atoms with Crippen molar-refractivity contribution in [3.05, 3.63) is 22.3 Å². The Kier molecular flexibility index (Phi) is 4.59. The van der Waals surface area contributed by atoms with Crippen molar-refractivity contribution in [1.82, 2.24) is 0 Å². The Morgan fingerprint density at radius 1 is 1.41 bits per heavy atom. The molecule has 0 aromatic heterocycles. The van der Waals surface area contributed by atoms with Crippen molar-refractivity contribution in [3.63, 3.8) is 0 Å². The summed E-state index contributed by atoms with van der Waals surface area (Å²) < 4.78 is 15.1. The molecule has 0 spiro atoms. The number of carbonyl (C=O) groups is 2. The molecule has 1 heterocycles. The van der Waals surface area contributed by atoms with Crippen LogP contribution in [0.3, 0.4) is 0 Å². The molecule has 1 unspecified atom stereocenters. The molecule has 1 aromatic rings. The minimum atomic E-state index is -0.527. The molecule has 6 nitrogen and oxygen atoms in total. The fourth-order valence-corrected chi connectivity index (χ4v) is 2.75. The summed E-state index contributed by atoms with van der Waals surface area (Å²) in [6.45, 7) is 3.72. The molecule has 0 saturated carbocycles. The third-order valence-electron chi connectivity index (χ3n) is 4.08. The van der Waals surface area contributed by atoms with Gasteiger partial charge in [-0.05, 0) is 25.3 Å². The van der Waals surface area contributed by atoms with Gasteiger partial charge in [-0.25, -0.2) is 4.79 Å². The van der Waals surface area contributed by atoms with Crippen molar-refractivity contribution in [2.45, 2.75) is 33.3 Å². The Hall–Kier alpha value is -2.24. The summed E-state index contributed by atoms with van der Waals surface area (Å²) in [7, 11) is 2.85. The number of ether oxygens (including phenoxy) is 3. The van der Waals surface area contributed by atoms with Crippen molar-refractivity contribution in [1.29, 1.82) is 0 Å². The van der Waals surface area contributed by atoms with E-state index in [-0.39, 0.29) is 29.8 Å². The molecule has 0 fully saturated rings. The molecule has 1 N–H and O–H groups in total. The predicted octanol–water partition coefficient (Wildman–Crippen LogP) is 2.12. The maximum absolute atomic E-state index is 11.8. The van der Waals surface area contributed by atoms with Gasteiger partial charge in [0.25, 0.3) is 0 Å². The van der Waals surface area contributed by atoms with Crippen LogP contribution in [0.2, 0.25) is 0 Å². The number of hydrogen-bond donors (Lipinski definition) is 1. The van der Waals surface area contributed by atoms with Gasteiger partial charge < -0.3 is 19.3 Å². The standard InChI is InChI=1S/C16H20O6/c1-8(15(18)21-4)5-6-10-13(17)12-11(7-22-16(12)19)9(2)14(10)20-3/h8,17H,5-7H2,1-4H3. The van der Waals surface area contributed by atoms with Crippen LogP contribution in [0.1, 0.15) is 40.4 Å². The molecular weight excluding hydrogens is 288 g/mol. The van der Waals surface area contributed by atoms with Gasteiger partial charge in [-0.3, -0.25) is 4.79 Å². The number of benzene rings is 1. The lowest BCUT2D eigenvalue weighted by molar-refractivity contribution is -0.145. The van der Waals surface area contributed by atoms with Crippen molar-refractivity contribution >= 4 is 11.9 Å². The van der Waals surface area contributed by atoms with Crippen LogP contribution in [0.25, 0.3) is 0 Å². The average molecular weight is 308 g/mol. The van der Waals surface area contributed by atoms with Gasteiger partial charge in [-0.15, -0.1) is 0 Å². The fourth-order valence-electron chi connectivity index (χ4n) is 2.75. The van der Waals surface area contributed by atoms with E-state index in [0.29, 0.717) is 29.7 Å². The van der Waals surface area contributed by atoms with E-state index in [2.05, 4.69) is 0 Å². The number of fused-ring (bicyclic) bond motifs is 1. The quantitative estimate of drug-likeness (QED) is 0.839. The zero-order chi connectivity index (χ0) is 16.4. The summed E-state index contributed by atoms with van der Waals surface area (Å²) in [6.07, 6.45) is 0.872. The zero-order valence-electron chi connectivity index (χ0n) is 13.2. The van der Waals surface area contributed by atoms with Gasteiger partial charge in [0.2, 0.25) is 0 Å². The summed E-state index contributed by atoms with van der Waals surface area (Å²) in [6, 6.07) is 0. The van der Waals surface area contributed by atoms with Crippen LogP contribution in [0.15, 0.2) is 0 Å². The van der Waals surface area contributed by atoms with E-state index in [4.69, 9.17) is 14.2 Å². The lowest BCUT2D eigenvalue weighted by Gasteiger charge is -2.17. The number of esters is 2. The highest BCUT2D eigenvalue weighted by molar-refractivity contribution is 5.98. The third kappa shape index (κ3) is 2.61. The van der Waals surface area contributed by atoms with E-state index in [1.54, 1.807) is 6.92 Å². The van der Waals surface area contributed by atoms with Crippen LogP contribution < -0.4 is 4.74 Å². The molecule has 120 valence electrons. The van der Waals surface area contributed by atoms with Gasteiger partial charge in [0, 0.05) is 11.1 Å². The highest BCUT2D eigenvalue weighted by Gasteiger charge is 2.32. The normalized spacial score (nSPS) is 14.3. The topological polar surface area (TPSA) is 82.1 Å². The molecule has 6 heteroatoms. The number of aromatic hydroxyl groups is 1. The van der Waals surface area contributed by atoms with Gasteiger partial charge in [0.15, 0.2) is 0 Å². The second kappa shape index (κ2) is 6.25. The Morgan fingerprint density at radius 2 is 2.09 bits per heavy atom. The molecule has 0 saturated heterocycles. The lowest BCUT2D eigenvalue weighted by atomic mass is 9.92. The molecule has 0 amide bonds. The smallest absolute Gasteiger partial charge is 0.342 e. The predicted molar refractivity (Wildman–Crippen MR) is 78.0 cm³/mol. The molecular formula is C16H20O6. The van der Waals surface area contributed by atoms with Gasteiger partial charge in [-0.1, -0.05) is 6.92 Å². The maximum Gasteiger partial charge on any atom is 0.342 e. The number of phenolic OH excluding ortho intramolecular Hbond substituents is 1. The number of rotatable bonds is 5. The van der Waals surface area contributed by atoms with Crippen molar-refractivity contribution < 1.29 is 28.9 Å². The zero-order valence-corrected chi connectivity index (χ0v) is 13.2. The van der Waals surface area contributed by atoms with E-state index in [1.807, 2.05) is 6.92 Å². The average Bonchev–Trinajstić information content (AvgIpc) is 2.90. The minimum Gasteiger partial charge on any atom is -0.507 e. The first-order chi connectivity index (χ1) is 10.4. The molecule has 1 aliphatic heterocycles. The van der Waals surface area contributed by atoms with Crippen molar-refractivity contribution in [3.8, 4) is 11.5 Å². The second-order valence-corrected chi connectivity index (χ2v) is 5.38.